The molecule has 1 amide bonds. The largest absolute Gasteiger partial charge is 0.355 e. The number of amides is 1. The molecule has 1 heterocycles. The number of likely N-dealkylation sites (N-methyl/N-ethyl adjacent to an activating group) is 1. The molecule has 15 heavy (non-hydrogen) atoms. The number of carbonyl (C=O) groups is 1. The summed E-state index contributed by atoms with van der Waals surface area (Å²) in [5.74, 6) is 0.0610. The fraction of sp³-hybridized carbons (Fsp3) is 0.909. The molecule has 1 fully saturated rings. The Balaban J connectivity index is 2.19. The Labute approximate surface area is 92.4 Å². The average molecular weight is 213 g/mol. The van der Waals surface area contributed by atoms with Crippen LogP contribution in [-0.4, -0.2) is 50.1 Å². The van der Waals surface area contributed by atoms with Crippen LogP contribution in [0.25, 0.3) is 0 Å². The van der Waals surface area contributed by atoms with E-state index in [2.05, 4.69) is 22.6 Å². The Bertz CT molecular complexity index is 188. The second-order valence-corrected chi connectivity index (χ2v) is 4.30. The SMILES string of the molecule is CC(=O)NCCN(C)C1CCCNCC1. The van der Waals surface area contributed by atoms with Crippen molar-refractivity contribution in [2.45, 2.75) is 32.2 Å². The molecule has 1 aliphatic heterocycles. The third-order valence-electron chi connectivity index (χ3n) is 3.01. The van der Waals surface area contributed by atoms with Gasteiger partial charge in [-0.05, 0) is 39.4 Å². The summed E-state index contributed by atoms with van der Waals surface area (Å²) in [4.78, 5) is 13.1. The van der Waals surface area contributed by atoms with E-state index in [1.807, 2.05) is 0 Å². The summed E-state index contributed by atoms with van der Waals surface area (Å²) in [6.45, 7) is 5.54. The minimum Gasteiger partial charge on any atom is -0.355 e. The van der Waals surface area contributed by atoms with Crippen LogP contribution >= 0.6 is 0 Å². The van der Waals surface area contributed by atoms with E-state index in [0.717, 1.165) is 26.2 Å². The van der Waals surface area contributed by atoms with E-state index in [0.29, 0.717) is 6.04 Å². The van der Waals surface area contributed by atoms with E-state index in [4.69, 9.17) is 0 Å². The topological polar surface area (TPSA) is 44.4 Å². The Hall–Kier alpha value is -0.610. The number of hydrogen-bond acceptors (Lipinski definition) is 3. The Morgan fingerprint density at radius 2 is 2.27 bits per heavy atom. The highest BCUT2D eigenvalue weighted by Crippen LogP contribution is 2.10. The molecule has 1 aliphatic rings. The lowest BCUT2D eigenvalue weighted by molar-refractivity contribution is -0.119. The van der Waals surface area contributed by atoms with Gasteiger partial charge in [0.25, 0.3) is 0 Å². The number of hydrogen-bond donors (Lipinski definition) is 2. The molecule has 1 unspecified atom stereocenters. The first-order chi connectivity index (χ1) is 7.20. The van der Waals surface area contributed by atoms with Crippen molar-refractivity contribution in [1.82, 2.24) is 15.5 Å². The third kappa shape index (κ3) is 5.14. The van der Waals surface area contributed by atoms with Gasteiger partial charge in [-0.1, -0.05) is 0 Å². The smallest absolute Gasteiger partial charge is 0.216 e. The molecule has 0 spiro atoms. The Kier molecular flexibility index (Phi) is 5.65. The van der Waals surface area contributed by atoms with Gasteiger partial charge in [-0.15, -0.1) is 0 Å². The van der Waals surface area contributed by atoms with Crippen molar-refractivity contribution in [2.24, 2.45) is 0 Å². The second-order valence-electron chi connectivity index (χ2n) is 4.30. The quantitative estimate of drug-likeness (QED) is 0.701. The highest BCUT2D eigenvalue weighted by Gasteiger charge is 2.15. The predicted molar refractivity (Wildman–Crippen MR) is 61.8 cm³/mol. The van der Waals surface area contributed by atoms with Crippen molar-refractivity contribution in [2.75, 3.05) is 33.2 Å². The minimum absolute atomic E-state index is 0.0610. The van der Waals surface area contributed by atoms with Crippen molar-refractivity contribution >= 4 is 5.91 Å². The Morgan fingerprint density at radius 3 is 3.00 bits per heavy atom. The standard InChI is InChI=1S/C11H23N3O/c1-10(15)13-8-9-14(2)11-4-3-6-12-7-5-11/h11-12H,3-9H2,1-2H3,(H,13,15). The summed E-state index contributed by atoms with van der Waals surface area (Å²) >= 11 is 0. The molecule has 0 radical (unpaired) electrons. The van der Waals surface area contributed by atoms with Gasteiger partial charge >= 0.3 is 0 Å². The molecule has 2 N–H and O–H groups in total. The lowest BCUT2D eigenvalue weighted by atomic mass is 10.1. The van der Waals surface area contributed by atoms with Crippen LogP contribution in [0.15, 0.2) is 0 Å². The summed E-state index contributed by atoms with van der Waals surface area (Å²) in [6, 6.07) is 0.675. The molecule has 0 aromatic carbocycles. The first-order valence-electron chi connectivity index (χ1n) is 5.85. The van der Waals surface area contributed by atoms with Crippen LogP contribution in [0.5, 0.6) is 0 Å². The van der Waals surface area contributed by atoms with E-state index in [9.17, 15) is 4.79 Å². The fourth-order valence-corrected chi connectivity index (χ4v) is 2.03. The maximum Gasteiger partial charge on any atom is 0.216 e. The van der Waals surface area contributed by atoms with Crippen molar-refractivity contribution < 1.29 is 4.79 Å². The summed E-state index contributed by atoms with van der Waals surface area (Å²) in [5.41, 5.74) is 0. The zero-order valence-corrected chi connectivity index (χ0v) is 9.88. The van der Waals surface area contributed by atoms with Crippen LogP contribution in [0, 0.1) is 0 Å². The first kappa shape index (κ1) is 12.5. The van der Waals surface area contributed by atoms with Crippen LogP contribution < -0.4 is 10.6 Å². The van der Waals surface area contributed by atoms with Crippen LogP contribution in [0.2, 0.25) is 0 Å². The highest BCUT2D eigenvalue weighted by atomic mass is 16.1. The van der Waals surface area contributed by atoms with Gasteiger partial charge in [-0.2, -0.15) is 0 Å². The molecule has 0 aromatic rings. The first-order valence-corrected chi connectivity index (χ1v) is 5.85. The minimum atomic E-state index is 0.0610. The summed E-state index contributed by atoms with van der Waals surface area (Å²) in [7, 11) is 2.15. The van der Waals surface area contributed by atoms with E-state index in [1.54, 1.807) is 6.92 Å². The molecule has 1 atom stereocenters. The van der Waals surface area contributed by atoms with Gasteiger partial charge in [0.05, 0.1) is 0 Å². The predicted octanol–water partition coefficient (Wildman–Crippen LogP) is 0.196. The van der Waals surface area contributed by atoms with Crippen LogP contribution in [0.4, 0.5) is 0 Å². The number of nitrogens with zero attached hydrogens (tertiary/aromatic N) is 1. The molecule has 0 aromatic heterocycles. The van der Waals surface area contributed by atoms with Crippen molar-refractivity contribution in [3.05, 3.63) is 0 Å². The number of nitrogens with one attached hydrogen (secondary N) is 2. The molecular weight excluding hydrogens is 190 g/mol. The molecule has 4 nitrogen and oxygen atoms in total. The van der Waals surface area contributed by atoms with Gasteiger partial charge in [-0.3, -0.25) is 4.79 Å². The van der Waals surface area contributed by atoms with Gasteiger partial charge < -0.3 is 15.5 Å². The van der Waals surface area contributed by atoms with Gasteiger partial charge in [0.2, 0.25) is 5.91 Å². The maximum absolute atomic E-state index is 10.7. The monoisotopic (exact) mass is 213 g/mol. The zero-order chi connectivity index (χ0) is 11.1. The van der Waals surface area contributed by atoms with Crippen LogP contribution in [0.3, 0.4) is 0 Å². The number of rotatable bonds is 4. The molecule has 88 valence electrons. The van der Waals surface area contributed by atoms with Crippen LogP contribution in [0.1, 0.15) is 26.2 Å². The molecule has 1 rings (SSSR count). The molecule has 0 aliphatic carbocycles. The van der Waals surface area contributed by atoms with Gasteiger partial charge in [0.1, 0.15) is 0 Å². The van der Waals surface area contributed by atoms with E-state index in [-0.39, 0.29) is 5.91 Å². The lowest BCUT2D eigenvalue weighted by Gasteiger charge is -2.26. The third-order valence-corrected chi connectivity index (χ3v) is 3.01. The molecular formula is C11H23N3O. The van der Waals surface area contributed by atoms with E-state index < -0.39 is 0 Å². The van der Waals surface area contributed by atoms with E-state index in [1.165, 1.54) is 19.3 Å². The lowest BCUT2D eigenvalue weighted by Crippen LogP contribution is -2.38. The second kappa shape index (κ2) is 6.80. The highest BCUT2D eigenvalue weighted by molar-refractivity contribution is 5.72. The van der Waals surface area contributed by atoms with Crippen molar-refractivity contribution in [3.63, 3.8) is 0 Å². The maximum atomic E-state index is 10.7. The average Bonchev–Trinajstić information content (AvgIpc) is 2.44. The van der Waals surface area contributed by atoms with Gasteiger partial charge in [-0.25, -0.2) is 0 Å². The van der Waals surface area contributed by atoms with Crippen LogP contribution in [-0.2, 0) is 4.79 Å². The van der Waals surface area contributed by atoms with Crippen molar-refractivity contribution in [1.29, 1.82) is 0 Å². The zero-order valence-electron chi connectivity index (χ0n) is 9.88. The summed E-state index contributed by atoms with van der Waals surface area (Å²) in [6.07, 6.45) is 3.75. The van der Waals surface area contributed by atoms with Crippen molar-refractivity contribution in [3.8, 4) is 0 Å². The molecule has 0 bridgehead atoms. The van der Waals surface area contributed by atoms with Gasteiger partial charge in [0.15, 0.2) is 0 Å². The summed E-state index contributed by atoms with van der Waals surface area (Å²) < 4.78 is 0. The normalized spacial score (nSPS) is 22.5. The summed E-state index contributed by atoms with van der Waals surface area (Å²) in [5, 5.41) is 6.24. The molecule has 4 heteroatoms. The molecule has 1 saturated heterocycles. The van der Waals surface area contributed by atoms with Gasteiger partial charge in [0, 0.05) is 26.1 Å². The fourth-order valence-electron chi connectivity index (χ4n) is 2.03. The van der Waals surface area contributed by atoms with E-state index >= 15 is 0 Å². The Morgan fingerprint density at radius 1 is 1.47 bits per heavy atom. The molecule has 0 saturated carbocycles. The number of carbonyl (C=O) groups excluding carboxylic acids is 1.